The molecule has 1 aromatic carbocycles. The summed E-state index contributed by atoms with van der Waals surface area (Å²) in [4.78, 5) is 24.1. The van der Waals surface area contributed by atoms with Crippen LogP contribution in [0.3, 0.4) is 0 Å². The van der Waals surface area contributed by atoms with Crippen molar-refractivity contribution in [1.82, 2.24) is 5.32 Å². The predicted molar refractivity (Wildman–Crippen MR) is 83.5 cm³/mol. The Bertz CT molecular complexity index is 519. The quantitative estimate of drug-likeness (QED) is 0.783. The summed E-state index contributed by atoms with van der Waals surface area (Å²) in [5.41, 5.74) is 0.858. The highest BCUT2D eigenvalue weighted by molar-refractivity contribution is 5.81. The van der Waals surface area contributed by atoms with Gasteiger partial charge in [-0.25, -0.2) is 9.59 Å². The summed E-state index contributed by atoms with van der Waals surface area (Å²) in [5, 5.41) is 12.5. The predicted octanol–water partition coefficient (Wildman–Crippen LogP) is 2.01. The van der Waals surface area contributed by atoms with E-state index in [-0.39, 0.29) is 19.1 Å². The summed E-state index contributed by atoms with van der Waals surface area (Å²) in [6.07, 6.45) is 0.817. The zero-order valence-electron chi connectivity index (χ0n) is 13.2. The van der Waals surface area contributed by atoms with E-state index >= 15 is 0 Å². The topological polar surface area (TPSA) is 84.9 Å². The zero-order chi connectivity index (χ0) is 16.7. The van der Waals surface area contributed by atoms with Crippen LogP contribution in [0.15, 0.2) is 30.3 Å². The van der Waals surface area contributed by atoms with E-state index in [2.05, 4.69) is 5.32 Å². The minimum absolute atomic E-state index is 0.120. The number of aliphatic hydroxyl groups is 1. The van der Waals surface area contributed by atoms with Gasteiger partial charge in [0, 0.05) is 5.92 Å². The number of alkyl carbamates (subject to hydrolysis) is 1. The summed E-state index contributed by atoms with van der Waals surface area (Å²) in [5.74, 6) is -0.867. The summed E-state index contributed by atoms with van der Waals surface area (Å²) in [6, 6.07) is 8.39. The number of carbonyl (C=O) groups is 2. The third kappa shape index (κ3) is 4.96. The third-order valence-corrected chi connectivity index (χ3v) is 3.99. The molecular formula is C17H23NO5. The number of amides is 1. The summed E-state index contributed by atoms with van der Waals surface area (Å²) in [6.45, 7) is 2.04. The maximum absolute atomic E-state index is 12.1. The van der Waals surface area contributed by atoms with Gasteiger partial charge in [-0.1, -0.05) is 36.8 Å². The normalized spacial score (nSPS) is 21.5. The van der Waals surface area contributed by atoms with Crippen molar-refractivity contribution in [2.75, 3.05) is 6.61 Å². The van der Waals surface area contributed by atoms with Crippen LogP contribution in [0.5, 0.6) is 0 Å². The molecule has 0 aromatic heterocycles. The van der Waals surface area contributed by atoms with Crippen molar-refractivity contribution in [1.29, 1.82) is 0 Å². The van der Waals surface area contributed by atoms with Crippen LogP contribution in [0, 0.1) is 5.92 Å². The molecule has 3 atom stereocenters. The van der Waals surface area contributed by atoms with Gasteiger partial charge >= 0.3 is 12.1 Å². The fourth-order valence-corrected chi connectivity index (χ4v) is 2.82. The van der Waals surface area contributed by atoms with E-state index in [1.807, 2.05) is 30.3 Å². The fourth-order valence-electron chi connectivity index (χ4n) is 2.82. The van der Waals surface area contributed by atoms with Gasteiger partial charge in [-0.3, -0.25) is 0 Å². The Labute approximate surface area is 135 Å². The van der Waals surface area contributed by atoms with Crippen molar-refractivity contribution in [3.8, 4) is 0 Å². The zero-order valence-corrected chi connectivity index (χ0v) is 13.2. The van der Waals surface area contributed by atoms with Gasteiger partial charge in [0.25, 0.3) is 0 Å². The first-order valence-electron chi connectivity index (χ1n) is 7.93. The first-order chi connectivity index (χ1) is 11.1. The first-order valence-corrected chi connectivity index (χ1v) is 7.93. The number of aliphatic hydroxyl groups excluding tert-OH is 1. The Morgan fingerprint density at radius 2 is 2.00 bits per heavy atom. The van der Waals surface area contributed by atoms with E-state index < -0.39 is 24.2 Å². The lowest BCUT2D eigenvalue weighted by molar-refractivity contribution is -0.148. The molecule has 0 bridgehead atoms. The summed E-state index contributed by atoms with van der Waals surface area (Å²) in [7, 11) is 0. The molecule has 126 valence electrons. The van der Waals surface area contributed by atoms with Gasteiger partial charge in [-0.15, -0.1) is 0 Å². The molecule has 2 N–H and O–H groups in total. The summed E-state index contributed by atoms with van der Waals surface area (Å²) >= 11 is 0. The van der Waals surface area contributed by atoms with Crippen molar-refractivity contribution in [2.45, 2.75) is 44.9 Å². The Balaban J connectivity index is 1.93. The van der Waals surface area contributed by atoms with Crippen molar-refractivity contribution in [3.63, 3.8) is 0 Å². The van der Waals surface area contributed by atoms with Crippen LogP contribution in [-0.4, -0.2) is 35.9 Å². The number of benzene rings is 1. The highest BCUT2D eigenvalue weighted by atomic mass is 16.6. The largest absolute Gasteiger partial charge is 0.464 e. The minimum Gasteiger partial charge on any atom is -0.464 e. The van der Waals surface area contributed by atoms with Crippen LogP contribution in [-0.2, 0) is 20.9 Å². The highest BCUT2D eigenvalue weighted by Crippen LogP contribution is 2.29. The number of rotatable bonds is 6. The Morgan fingerprint density at radius 3 is 2.61 bits per heavy atom. The molecule has 0 heterocycles. The maximum atomic E-state index is 12.1. The molecule has 1 fully saturated rings. The van der Waals surface area contributed by atoms with Gasteiger partial charge in [0.05, 0.1) is 12.7 Å². The lowest BCUT2D eigenvalue weighted by Crippen LogP contribution is -2.49. The van der Waals surface area contributed by atoms with Crippen molar-refractivity contribution in [3.05, 3.63) is 35.9 Å². The van der Waals surface area contributed by atoms with Gasteiger partial charge in [0.1, 0.15) is 12.6 Å². The second kappa shape index (κ2) is 8.53. The molecule has 1 aliphatic carbocycles. The van der Waals surface area contributed by atoms with Crippen LogP contribution in [0.25, 0.3) is 0 Å². The molecule has 0 aliphatic heterocycles. The van der Waals surface area contributed by atoms with Crippen LogP contribution < -0.4 is 5.32 Å². The van der Waals surface area contributed by atoms with Gasteiger partial charge in [0.15, 0.2) is 0 Å². The molecule has 1 unspecified atom stereocenters. The minimum atomic E-state index is -0.879. The van der Waals surface area contributed by atoms with Gasteiger partial charge in [-0.2, -0.15) is 0 Å². The summed E-state index contributed by atoms with van der Waals surface area (Å²) < 4.78 is 10.2. The lowest BCUT2D eigenvalue weighted by atomic mass is 9.96. The average molecular weight is 321 g/mol. The highest BCUT2D eigenvalue weighted by Gasteiger charge is 2.38. The lowest BCUT2D eigenvalue weighted by Gasteiger charge is -2.25. The monoisotopic (exact) mass is 321 g/mol. The molecule has 2 rings (SSSR count). The standard InChI is InChI=1S/C17H23NO5/c1-2-22-16(20)15(13-9-6-10-14(13)19)18-17(21)23-11-12-7-4-3-5-8-12/h3-5,7-8,13-15,19H,2,6,9-11H2,1H3,(H,18,21)/t13-,14?,15-/m0/s1. The molecule has 6 nitrogen and oxygen atoms in total. The van der Waals surface area contributed by atoms with E-state index in [0.29, 0.717) is 12.8 Å². The Morgan fingerprint density at radius 1 is 1.26 bits per heavy atom. The SMILES string of the molecule is CCOC(=O)[C@@H](NC(=O)OCc1ccccc1)[C@H]1CCCC1O. The fraction of sp³-hybridized carbons (Fsp3) is 0.529. The van der Waals surface area contributed by atoms with Crippen LogP contribution in [0.2, 0.25) is 0 Å². The molecule has 23 heavy (non-hydrogen) atoms. The Kier molecular flexibility index (Phi) is 6.40. The molecule has 1 saturated carbocycles. The number of nitrogens with one attached hydrogen (secondary N) is 1. The van der Waals surface area contributed by atoms with Crippen LogP contribution in [0.1, 0.15) is 31.7 Å². The van der Waals surface area contributed by atoms with Gasteiger partial charge in [-0.05, 0) is 25.3 Å². The smallest absolute Gasteiger partial charge is 0.408 e. The third-order valence-electron chi connectivity index (χ3n) is 3.99. The number of ether oxygens (including phenoxy) is 2. The second-order valence-corrected chi connectivity index (χ2v) is 5.60. The van der Waals surface area contributed by atoms with Crippen molar-refractivity contribution < 1.29 is 24.2 Å². The number of carbonyl (C=O) groups excluding carboxylic acids is 2. The molecule has 1 aromatic rings. The van der Waals surface area contributed by atoms with Crippen molar-refractivity contribution in [2.24, 2.45) is 5.92 Å². The van der Waals surface area contributed by atoms with Crippen molar-refractivity contribution >= 4 is 12.1 Å². The molecular weight excluding hydrogens is 298 g/mol. The average Bonchev–Trinajstić information content (AvgIpc) is 2.97. The number of hydrogen-bond donors (Lipinski definition) is 2. The van der Waals surface area contributed by atoms with Crippen LogP contribution in [0.4, 0.5) is 4.79 Å². The van der Waals surface area contributed by atoms with Crippen LogP contribution >= 0.6 is 0 Å². The molecule has 0 radical (unpaired) electrons. The Hall–Kier alpha value is -2.08. The second-order valence-electron chi connectivity index (χ2n) is 5.60. The van der Waals surface area contributed by atoms with Gasteiger partial charge < -0.3 is 19.9 Å². The molecule has 0 spiro atoms. The maximum Gasteiger partial charge on any atom is 0.408 e. The first kappa shape index (κ1) is 17.3. The number of hydrogen-bond acceptors (Lipinski definition) is 5. The number of esters is 1. The van der Waals surface area contributed by atoms with E-state index in [0.717, 1.165) is 12.0 Å². The van der Waals surface area contributed by atoms with E-state index in [1.165, 1.54) is 0 Å². The van der Waals surface area contributed by atoms with Gasteiger partial charge in [0.2, 0.25) is 0 Å². The molecule has 0 saturated heterocycles. The molecule has 6 heteroatoms. The van der Waals surface area contributed by atoms with E-state index in [4.69, 9.17) is 9.47 Å². The van der Waals surface area contributed by atoms with E-state index in [9.17, 15) is 14.7 Å². The van der Waals surface area contributed by atoms with E-state index in [1.54, 1.807) is 6.92 Å². The molecule has 1 aliphatic rings. The molecule has 1 amide bonds.